The van der Waals surface area contributed by atoms with Crippen LogP contribution in [0.15, 0.2) is 23.8 Å². The molecule has 1 aromatic carbocycles. The Bertz CT molecular complexity index is 715. The highest BCUT2D eigenvalue weighted by Gasteiger charge is 2.30. The summed E-state index contributed by atoms with van der Waals surface area (Å²) in [5.41, 5.74) is 0.673. The summed E-state index contributed by atoms with van der Waals surface area (Å²) in [5.74, 6) is 0.202. The summed E-state index contributed by atoms with van der Waals surface area (Å²) >= 11 is 4.92. The molecule has 0 aromatic heterocycles. The van der Waals surface area contributed by atoms with Crippen molar-refractivity contribution in [1.29, 1.82) is 0 Å². The van der Waals surface area contributed by atoms with E-state index >= 15 is 0 Å². The van der Waals surface area contributed by atoms with E-state index in [1.54, 1.807) is 25.3 Å². The van der Waals surface area contributed by atoms with Crippen LogP contribution in [0.2, 0.25) is 0 Å². The maximum Gasteiger partial charge on any atom is 0.265 e. The molecule has 6 nitrogen and oxygen atoms in total. The van der Waals surface area contributed by atoms with Gasteiger partial charge in [0.15, 0.2) is 16.6 Å². The molecule has 24 heavy (non-hydrogen) atoms. The largest absolute Gasteiger partial charge is 0.493 e. The van der Waals surface area contributed by atoms with Crippen LogP contribution in [0.25, 0.3) is 6.08 Å². The van der Waals surface area contributed by atoms with Crippen LogP contribution in [0.4, 0.5) is 0 Å². The third-order valence-corrected chi connectivity index (χ3v) is 4.08. The third-order valence-electron chi connectivity index (χ3n) is 3.71. The van der Waals surface area contributed by atoms with Gasteiger partial charge in [-0.15, -0.1) is 0 Å². The number of benzene rings is 1. The first kappa shape index (κ1) is 17.9. The molecule has 128 valence electrons. The van der Waals surface area contributed by atoms with Crippen LogP contribution in [0.5, 0.6) is 11.5 Å². The van der Waals surface area contributed by atoms with Crippen LogP contribution in [0, 0.1) is 0 Å². The van der Waals surface area contributed by atoms with Crippen molar-refractivity contribution in [2.75, 3.05) is 14.2 Å². The fraction of sp³-hybridized carbons (Fsp3) is 0.353. The van der Waals surface area contributed by atoms with Crippen LogP contribution in [0.1, 0.15) is 25.8 Å². The third kappa shape index (κ3) is 3.73. The Morgan fingerprint density at radius 3 is 2.67 bits per heavy atom. The average Bonchev–Trinajstić information content (AvgIpc) is 2.57. The summed E-state index contributed by atoms with van der Waals surface area (Å²) in [7, 11) is 3.06. The topological polar surface area (TPSA) is 67.9 Å². The molecule has 7 heteroatoms. The Morgan fingerprint density at radius 2 is 2.04 bits per heavy atom. The second kappa shape index (κ2) is 7.44. The number of rotatable bonds is 5. The molecule has 2 amide bonds. The number of nitrogens with one attached hydrogen (secondary N) is 1. The van der Waals surface area contributed by atoms with Gasteiger partial charge in [0.05, 0.1) is 13.2 Å². The van der Waals surface area contributed by atoms with Crippen LogP contribution in [-0.2, 0) is 9.59 Å². The van der Waals surface area contributed by atoms with Crippen molar-refractivity contribution in [3.63, 3.8) is 0 Å². The number of carbonyl (C=O) groups is 2. The predicted molar refractivity (Wildman–Crippen MR) is 94.9 cm³/mol. The van der Waals surface area contributed by atoms with Crippen molar-refractivity contribution in [3.05, 3.63) is 29.3 Å². The number of hydrogen-bond donors (Lipinski definition) is 1. The number of amides is 2. The minimum Gasteiger partial charge on any atom is -0.493 e. The summed E-state index contributed by atoms with van der Waals surface area (Å²) in [4.78, 5) is 25.4. The zero-order valence-corrected chi connectivity index (χ0v) is 14.9. The van der Waals surface area contributed by atoms with Crippen LogP contribution in [0.3, 0.4) is 0 Å². The molecule has 1 N–H and O–H groups in total. The molecular formula is C17H20N2O4S. The fourth-order valence-electron chi connectivity index (χ4n) is 2.08. The van der Waals surface area contributed by atoms with E-state index in [1.807, 2.05) is 13.8 Å². The van der Waals surface area contributed by atoms with Gasteiger partial charge in [0.2, 0.25) is 0 Å². The zero-order valence-electron chi connectivity index (χ0n) is 14.1. The lowest BCUT2D eigenvalue weighted by Gasteiger charge is -2.25. The minimum absolute atomic E-state index is 0.0174. The van der Waals surface area contributed by atoms with Gasteiger partial charge in [-0.3, -0.25) is 19.8 Å². The maximum absolute atomic E-state index is 12.2. The highest BCUT2D eigenvalue weighted by Crippen LogP contribution is 2.30. The quantitative estimate of drug-likeness (QED) is 0.502. The van der Waals surface area contributed by atoms with E-state index in [9.17, 15) is 9.59 Å². The maximum atomic E-state index is 12.2. The van der Waals surface area contributed by atoms with Gasteiger partial charge >= 0.3 is 0 Å². The summed E-state index contributed by atoms with van der Waals surface area (Å²) in [6.45, 7) is 4.00. The van der Waals surface area contributed by atoms with Gasteiger partial charge in [-0.1, -0.05) is 13.0 Å². The van der Waals surface area contributed by atoms with Crippen molar-refractivity contribution < 1.29 is 19.1 Å². The van der Waals surface area contributed by atoms with Crippen LogP contribution < -0.4 is 14.8 Å². The highest BCUT2D eigenvalue weighted by molar-refractivity contribution is 7.80. The molecule has 0 aliphatic carbocycles. The fourth-order valence-corrected chi connectivity index (χ4v) is 2.26. The predicted octanol–water partition coefficient (Wildman–Crippen LogP) is 2.13. The first-order valence-corrected chi connectivity index (χ1v) is 7.98. The van der Waals surface area contributed by atoms with E-state index in [0.717, 1.165) is 6.42 Å². The van der Waals surface area contributed by atoms with Crippen molar-refractivity contribution in [2.45, 2.75) is 26.4 Å². The Morgan fingerprint density at radius 1 is 1.33 bits per heavy atom. The lowest BCUT2D eigenvalue weighted by atomic mass is 10.1. The SMILES string of the molecule is CCC(C)Oc1ccc(C=C2C(=O)NC(=S)N(C)C2=O)cc1OC. The number of nitrogens with zero attached hydrogens (tertiary/aromatic N) is 1. The summed E-state index contributed by atoms with van der Waals surface area (Å²) in [6.07, 6.45) is 2.44. The second-order valence-corrected chi connectivity index (χ2v) is 5.82. The number of methoxy groups -OCH3 is 1. The summed E-state index contributed by atoms with van der Waals surface area (Å²) in [6, 6.07) is 5.25. The second-order valence-electron chi connectivity index (χ2n) is 5.43. The summed E-state index contributed by atoms with van der Waals surface area (Å²) < 4.78 is 11.1. The molecule has 1 aliphatic rings. The van der Waals surface area contributed by atoms with Crippen molar-refractivity contribution >= 4 is 35.2 Å². The molecule has 1 aliphatic heterocycles. The lowest BCUT2D eigenvalue weighted by molar-refractivity contribution is -0.128. The molecule has 0 radical (unpaired) electrons. The first-order valence-electron chi connectivity index (χ1n) is 7.57. The van der Waals surface area contributed by atoms with E-state index in [-0.39, 0.29) is 16.8 Å². The van der Waals surface area contributed by atoms with Gasteiger partial charge < -0.3 is 9.47 Å². The van der Waals surface area contributed by atoms with E-state index in [1.165, 1.54) is 18.0 Å². The van der Waals surface area contributed by atoms with Crippen LogP contribution in [-0.4, -0.2) is 42.1 Å². The summed E-state index contributed by atoms with van der Waals surface area (Å²) in [5, 5.41) is 2.57. The Labute approximate surface area is 146 Å². The van der Waals surface area contributed by atoms with E-state index in [0.29, 0.717) is 17.1 Å². The van der Waals surface area contributed by atoms with Gasteiger partial charge in [-0.25, -0.2) is 0 Å². The molecule has 1 aromatic rings. The molecule has 0 saturated carbocycles. The van der Waals surface area contributed by atoms with E-state index < -0.39 is 11.8 Å². The van der Waals surface area contributed by atoms with Gasteiger partial charge in [0.1, 0.15) is 5.57 Å². The van der Waals surface area contributed by atoms with Gasteiger partial charge in [-0.05, 0) is 49.3 Å². The standard InChI is InChI=1S/C17H20N2O4S/c1-5-10(2)23-13-7-6-11(9-14(13)22-4)8-12-15(20)18-17(24)19(3)16(12)21/h6-10H,5H2,1-4H3,(H,18,20,24). The Balaban J connectivity index is 2.34. The van der Waals surface area contributed by atoms with Gasteiger partial charge in [0, 0.05) is 7.05 Å². The molecule has 1 fully saturated rings. The molecule has 1 unspecified atom stereocenters. The molecule has 0 bridgehead atoms. The van der Waals surface area contributed by atoms with Crippen molar-refractivity contribution in [1.82, 2.24) is 10.2 Å². The molecule has 1 saturated heterocycles. The number of hydrogen-bond acceptors (Lipinski definition) is 5. The number of likely N-dealkylation sites (N-methyl/N-ethyl adjacent to an activating group) is 1. The van der Waals surface area contributed by atoms with Crippen LogP contribution >= 0.6 is 12.2 Å². The average molecular weight is 348 g/mol. The molecule has 2 rings (SSSR count). The lowest BCUT2D eigenvalue weighted by Crippen LogP contribution is -2.52. The normalized spacial score (nSPS) is 17.8. The zero-order chi connectivity index (χ0) is 17.9. The smallest absolute Gasteiger partial charge is 0.265 e. The number of ether oxygens (including phenoxy) is 2. The highest BCUT2D eigenvalue weighted by atomic mass is 32.1. The molecular weight excluding hydrogens is 328 g/mol. The molecule has 1 heterocycles. The Hall–Kier alpha value is -2.41. The molecule has 0 spiro atoms. The minimum atomic E-state index is -0.512. The van der Waals surface area contributed by atoms with E-state index in [4.69, 9.17) is 21.7 Å². The first-order chi connectivity index (χ1) is 11.4. The van der Waals surface area contributed by atoms with Crippen molar-refractivity contribution in [2.24, 2.45) is 0 Å². The van der Waals surface area contributed by atoms with E-state index in [2.05, 4.69) is 5.32 Å². The number of thiocarbonyl (C=S) groups is 1. The molecule has 1 atom stereocenters. The van der Waals surface area contributed by atoms with Gasteiger partial charge in [0.25, 0.3) is 11.8 Å². The Kier molecular flexibility index (Phi) is 5.56. The number of carbonyl (C=O) groups excluding carboxylic acids is 2. The van der Waals surface area contributed by atoms with Crippen molar-refractivity contribution in [3.8, 4) is 11.5 Å². The van der Waals surface area contributed by atoms with Gasteiger partial charge in [-0.2, -0.15) is 0 Å². The monoisotopic (exact) mass is 348 g/mol.